The Morgan fingerprint density at radius 3 is 2.54 bits per heavy atom. The average molecular weight is 362 g/mol. The van der Waals surface area contributed by atoms with Crippen LogP contribution in [0.25, 0.3) is 0 Å². The molecule has 2 N–H and O–H groups in total. The summed E-state index contributed by atoms with van der Waals surface area (Å²) < 4.78 is 0. The van der Waals surface area contributed by atoms with E-state index in [1.807, 2.05) is 0 Å². The molecule has 7 nitrogen and oxygen atoms in total. The minimum Gasteiger partial charge on any atom is -0.365 e. The fourth-order valence-corrected chi connectivity index (χ4v) is 3.61. The summed E-state index contributed by atoms with van der Waals surface area (Å²) in [6.45, 7) is 10.1. The Morgan fingerprint density at radius 1 is 1.23 bits per heavy atom. The van der Waals surface area contributed by atoms with Crippen LogP contribution in [0.4, 0.5) is 11.4 Å². The van der Waals surface area contributed by atoms with Gasteiger partial charge in [-0.3, -0.25) is 14.9 Å². The smallest absolute Gasteiger partial charge is 0.293 e. The summed E-state index contributed by atoms with van der Waals surface area (Å²) in [5.41, 5.74) is 0.937. The molecule has 7 heteroatoms. The molecule has 2 atom stereocenters. The van der Waals surface area contributed by atoms with Gasteiger partial charge in [-0.2, -0.15) is 0 Å². The molecule has 1 aliphatic rings. The van der Waals surface area contributed by atoms with Gasteiger partial charge in [0.25, 0.3) is 11.6 Å². The summed E-state index contributed by atoms with van der Waals surface area (Å²) in [4.78, 5) is 25.5. The monoisotopic (exact) mass is 362 g/mol. The second kappa shape index (κ2) is 9.52. The van der Waals surface area contributed by atoms with E-state index in [2.05, 4.69) is 36.3 Å². The first-order valence-electron chi connectivity index (χ1n) is 9.44. The lowest BCUT2D eigenvalue weighted by atomic mass is 9.91. The van der Waals surface area contributed by atoms with E-state index >= 15 is 0 Å². The summed E-state index contributed by atoms with van der Waals surface area (Å²) in [6.07, 6.45) is 2.17. The Balaban J connectivity index is 2.10. The highest BCUT2D eigenvalue weighted by molar-refractivity contribution is 5.95. The van der Waals surface area contributed by atoms with Gasteiger partial charge in [-0.1, -0.05) is 20.8 Å². The molecule has 1 saturated heterocycles. The van der Waals surface area contributed by atoms with Crippen molar-refractivity contribution in [3.63, 3.8) is 0 Å². The third-order valence-electron chi connectivity index (χ3n) is 4.66. The van der Waals surface area contributed by atoms with Gasteiger partial charge in [0.15, 0.2) is 0 Å². The minimum absolute atomic E-state index is 0.00283. The van der Waals surface area contributed by atoms with Gasteiger partial charge in [0, 0.05) is 37.8 Å². The van der Waals surface area contributed by atoms with Crippen LogP contribution in [-0.4, -0.2) is 43.6 Å². The van der Waals surface area contributed by atoms with Gasteiger partial charge in [0.05, 0.1) is 4.92 Å². The standard InChI is InChI=1S/C19H30N4O3/c1-4-7-20-8-9-21-19(24)16-5-6-17(18(11-16)23(25)26)22-12-14(2)10-15(3)13-22/h5-6,11,14-15,20H,4,7-10,12-13H2,1-3H3,(H,21,24). The molecule has 26 heavy (non-hydrogen) atoms. The number of amides is 1. The van der Waals surface area contributed by atoms with Gasteiger partial charge in [0.2, 0.25) is 0 Å². The number of nitrogens with one attached hydrogen (secondary N) is 2. The number of rotatable bonds is 8. The topological polar surface area (TPSA) is 87.5 Å². The van der Waals surface area contributed by atoms with E-state index in [0.717, 1.165) is 32.5 Å². The first-order chi connectivity index (χ1) is 12.4. The molecule has 1 heterocycles. The molecule has 0 spiro atoms. The van der Waals surface area contributed by atoms with Gasteiger partial charge >= 0.3 is 0 Å². The minimum atomic E-state index is -0.390. The average Bonchev–Trinajstić information content (AvgIpc) is 2.60. The second-order valence-corrected chi connectivity index (χ2v) is 7.32. The van der Waals surface area contributed by atoms with Crippen molar-refractivity contribution in [3.05, 3.63) is 33.9 Å². The predicted octanol–water partition coefficient (Wildman–Crippen LogP) is 2.81. The Bertz CT molecular complexity index is 625. The van der Waals surface area contributed by atoms with Crippen LogP contribution < -0.4 is 15.5 Å². The summed E-state index contributed by atoms with van der Waals surface area (Å²) in [5, 5.41) is 17.6. The Kier molecular flexibility index (Phi) is 7.38. The van der Waals surface area contributed by atoms with Crippen LogP contribution >= 0.6 is 0 Å². The maximum absolute atomic E-state index is 12.3. The first-order valence-corrected chi connectivity index (χ1v) is 9.44. The van der Waals surface area contributed by atoms with Crippen LogP contribution in [0.5, 0.6) is 0 Å². The molecule has 1 aromatic rings. The fourth-order valence-electron chi connectivity index (χ4n) is 3.61. The van der Waals surface area contributed by atoms with Crippen LogP contribution in [0.1, 0.15) is 44.0 Å². The van der Waals surface area contributed by atoms with Gasteiger partial charge in [-0.05, 0) is 43.4 Å². The zero-order valence-corrected chi connectivity index (χ0v) is 16.0. The molecule has 2 unspecified atom stereocenters. The number of carbonyl (C=O) groups is 1. The fraction of sp³-hybridized carbons (Fsp3) is 0.632. The molecule has 1 aromatic carbocycles. The van der Waals surface area contributed by atoms with Gasteiger partial charge in [-0.25, -0.2) is 0 Å². The number of anilines is 1. The van der Waals surface area contributed by atoms with E-state index in [9.17, 15) is 14.9 Å². The molecule has 1 fully saturated rings. The highest BCUT2D eigenvalue weighted by Gasteiger charge is 2.27. The molecule has 1 aliphatic heterocycles. The number of hydrogen-bond acceptors (Lipinski definition) is 5. The number of nitro benzene ring substituents is 1. The first kappa shape index (κ1) is 20.2. The highest BCUT2D eigenvalue weighted by Crippen LogP contribution is 2.33. The van der Waals surface area contributed by atoms with Crippen LogP contribution in [0.3, 0.4) is 0 Å². The van der Waals surface area contributed by atoms with Crippen molar-refractivity contribution >= 4 is 17.3 Å². The van der Waals surface area contributed by atoms with Crippen molar-refractivity contribution in [2.75, 3.05) is 37.6 Å². The summed E-state index contributed by atoms with van der Waals surface area (Å²) in [5.74, 6) is 0.715. The van der Waals surface area contributed by atoms with E-state index in [1.54, 1.807) is 12.1 Å². The van der Waals surface area contributed by atoms with Crippen molar-refractivity contribution in [1.82, 2.24) is 10.6 Å². The Morgan fingerprint density at radius 2 is 1.92 bits per heavy atom. The zero-order valence-electron chi connectivity index (χ0n) is 16.0. The number of hydrogen-bond donors (Lipinski definition) is 2. The van der Waals surface area contributed by atoms with E-state index in [1.165, 1.54) is 6.07 Å². The van der Waals surface area contributed by atoms with Crippen molar-refractivity contribution in [3.8, 4) is 0 Å². The van der Waals surface area contributed by atoms with Crippen LogP contribution in [-0.2, 0) is 0 Å². The molecule has 0 radical (unpaired) electrons. The molecule has 144 valence electrons. The van der Waals surface area contributed by atoms with Crippen molar-refractivity contribution in [2.45, 2.75) is 33.6 Å². The Labute approximate surface area is 155 Å². The van der Waals surface area contributed by atoms with E-state index in [-0.39, 0.29) is 11.6 Å². The molecule has 2 rings (SSSR count). The number of carbonyl (C=O) groups excluding carboxylic acids is 1. The maximum Gasteiger partial charge on any atom is 0.293 e. The van der Waals surface area contributed by atoms with Crippen molar-refractivity contribution in [1.29, 1.82) is 0 Å². The quantitative estimate of drug-likeness (QED) is 0.422. The van der Waals surface area contributed by atoms with Gasteiger partial charge < -0.3 is 15.5 Å². The van der Waals surface area contributed by atoms with E-state index < -0.39 is 4.92 Å². The Hall–Kier alpha value is -2.15. The van der Waals surface area contributed by atoms with Crippen molar-refractivity contribution in [2.24, 2.45) is 11.8 Å². The summed E-state index contributed by atoms with van der Waals surface area (Å²) in [6, 6.07) is 4.79. The summed E-state index contributed by atoms with van der Waals surface area (Å²) in [7, 11) is 0. The maximum atomic E-state index is 12.3. The number of nitrogens with zero attached hydrogens (tertiary/aromatic N) is 2. The molecular formula is C19H30N4O3. The number of benzene rings is 1. The molecule has 0 aliphatic carbocycles. The predicted molar refractivity (Wildman–Crippen MR) is 104 cm³/mol. The highest BCUT2D eigenvalue weighted by atomic mass is 16.6. The lowest BCUT2D eigenvalue weighted by Gasteiger charge is -2.36. The van der Waals surface area contributed by atoms with Crippen LogP contribution in [0.15, 0.2) is 18.2 Å². The third kappa shape index (κ3) is 5.42. The lowest BCUT2D eigenvalue weighted by molar-refractivity contribution is -0.384. The largest absolute Gasteiger partial charge is 0.365 e. The molecule has 1 amide bonds. The molecular weight excluding hydrogens is 332 g/mol. The lowest BCUT2D eigenvalue weighted by Crippen LogP contribution is -2.39. The second-order valence-electron chi connectivity index (χ2n) is 7.32. The normalized spacial score (nSPS) is 20.0. The molecule has 0 saturated carbocycles. The van der Waals surface area contributed by atoms with E-state index in [4.69, 9.17) is 0 Å². The van der Waals surface area contributed by atoms with E-state index in [0.29, 0.717) is 36.2 Å². The zero-order chi connectivity index (χ0) is 19.1. The SMILES string of the molecule is CCCNCCNC(=O)c1ccc(N2CC(C)CC(C)C2)c([N+](=O)[O-])c1. The molecule has 0 aromatic heterocycles. The number of piperidine rings is 1. The molecule has 0 bridgehead atoms. The summed E-state index contributed by atoms with van der Waals surface area (Å²) >= 11 is 0. The van der Waals surface area contributed by atoms with Gasteiger partial charge in [0.1, 0.15) is 5.69 Å². The van der Waals surface area contributed by atoms with Gasteiger partial charge in [-0.15, -0.1) is 0 Å². The van der Waals surface area contributed by atoms with Crippen molar-refractivity contribution < 1.29 is 9.72 Å². The van der Waals surface area contributed by atoms with Crippen LogP contribution in [0.2, 0.25) is 0 Å². The van der Waals surface area contributed by atoms with Crippen LogP contribution in [0, 0.1) is 22.0 Å². The third-order valence-corrected chi connectivity index (χ3v) is 4.66. The number of nitro groups is 1.